The fourth-order valence-corrected chi connectivity index (χ4v) is 5.90. The molecular weight excluding hydrogens is 541 g/mol. The molecule has 0 saturated carbocycles. The predicted octanol–water partition coefficient (Wildman–Crippen LogP) is 5.76. The minimum absolute atomic E-state index is 0.0249. The van der Waals surface area contributed by atoms with Gasteiger partial charge in [0.05, 0.1) is 30.4 Å². The van der Waals surface area contributed by atoms with Gasteiger partial charge in [-0.15, -0.1) is 0 Å². The van der Waals surface area contributed by atoms with Gasteiger partial charge in [0.25, 0.3) is 10.0 Å². The smallest absolute Gasteiger partial charge is 0.419 e. The maximum absolute atomic E-state index is 13.6. The summed E-state index contributed by atoms with van der Waals surface area (Å²) in [6.07, 6.45) is -4.47. The number of methoxy groups -OCH3 is 2. The van der Waals surface area contributed by atoms with E-state index in [0.29, 0.717) is 31.0 Å². The molecule has 0 bridgehead atoms. The average Bonchev–Trinajstić information content (AvgIpc) is 3.27. The molecule has 0 aliphatic carbocycles. The molecule has 1 heterocycles. The van der Waals surface area contributed by atoms with Gasteiger partial charge >= 0.3 is 6.18 Å². The van der Waals surface area contributed by atoms with Crippen molar-refractivity contribution in [1.29, 1.82) is 0 Å². The van der Waals surface area contributed by atoms with E-state index in [-0.39, 0.29) is 10.6 Å². The van der Waals surface area contributed by atoms with Crippen molar-refractivity contribution in [3.05, 3.63) is 66.2 Å². The second kappa shape index (κ2) is 11.3. The van der Waals surface area contributed by atoms with E-state index in [1.54, 1.807) is 25.3 Å². The molecule has 1 aliphatic rings. The molecule has 0 unspecified atom stereocenters. The lowest BCUT2D eigenvalue weighted by molar-refractivity contribution is -0.139. The quantitative estimate of drug-likeness (QED) is 0.352. The zero-order valence-corrected chi connectivity index (χ0v) is 22.5. The lowest BCUT2D eigenvalue weighted by Gasteiger charge is -2.19. The normalized spacial score (nSPS) is 16.3. The molecule has 0 amide bonds. The Labute approximate surface area is 223 Å². The van der Waals surface area contributed by atoms with E-state index < -0.39 is 33.6 Å². The van der Waals surface area contributed by atoms with Gasteiger partial charge in [0, 0.05) is 28.9 Å². The first kappa shape index (κ1) is 27.9. The Morgan fingerprint density at radius 2 is 1.61 bits per heavy atom. The molecule has 12 heteroatoms. The zero-order valence-electron chi connectivity index (χ0n) is 20.9. The van der Waals surface area contributed by atoms with Crippen LogP contribution in [0.5, 0.6) is 17.2 Å². The Balaban J connectivity index is 1.51. The molecule has 1 N–H and O–H groups in total. The van der Waals surface area contributed by atoms with Gasteiger partial charge in [0.15, 0.2) is 11.5 Å². The van der Waals surface area contributed by atoms with Gasteiger partial charge in [0.1, 0.15) is 11.9 Å². The van der Waals surface area contributed by atoms with E-state index in [1.165, 1.54) is 31.0 Å². The van der Waals surface area contributed by atoms with E-state index in [0.717, 1.165) is 28.0 Å². The molecule has 204 valence electrons. The van der Waals surface area contributed by atoms with Crippen LogP contribution in [0.4, 0.5) is 18.9 Å². The fraction of sp³-hybridized carbons (Fsp3) is 0.308. The molecule has 3 aromatic carbocycles. The third kappa shape index (κ3) is 6.66. The third-order valence-electron chi connectivity index (χ3n) is 5.91. The van der Waals surface area contributed by atoms with Crippen LogP contribution >= 0.6 is 11.8 Å². The van der Waals surface area contributed by atoms with Crippen molar-refractivity contribution in [2.75, 3.05) is 39.1 Å². The number of nitrogens with zero attached hydrogens (tertiary/aromatic N) is 1. The molecule has 1 atom stereocenters. The summed E-state index contributed by atoms with van der Waals surface area (Å²) in [4.78, 5) is 3.57. The van der Waals surface area contributed by atoms with Crippen LogP contribution in [0.1, 0.15) is 12.0 Å². The maximum Gasteiger partial charge on any atom is 0.419 e. The summed E-state index contributed by atoms with van der Waals surface area (Å²) in [6.45, 7) is 1.19. The number of anilines is 1. The lowest BCUT2D eigenvalue weighted by Crippen LogP contribution is -2.23. The van der Waals surface area contributed by atoms with Gasteiger partial charge in [0.2, 0.25) is 0 Å². The van der Waals surface area contributed by atoms with E-state index in [1.807, 2.05) is 24.1 Å². The molecule has 1 fully saturated rings. The largest absolute Gasteiger partial charge is 0.493 e. The summed E-state index contributed by atoms with van der Waals surface area (Å²) in [7, 11) is 0.879. The first-order chi connectivity index (χ1) is 18.0. The first-order valence-electron chi connectivity index (χ1n) is 11.6. The minimum Gasteiger partial charge on any atom is -0.493 e. The van der Waals surface area contributed by atoms with E-state index in [4.69, 9.17) is 14.2 Å². The molecule has 1 aliphatic heterocycles. The molecule has 38 heavy (non-hydrogen) atoms. The highest BCUT2D eigenvalue weighted by atomic mass is 32.2. The molecule has 1 saturated heterocycles. The summed E-state index contributed by atoms with van der Waals surface area (Å²) in [5, 5.41) is 0. The lowest BCUT2D eigenvalue weighted by atomic mass is 10.1. The molecule has 0 radical (unpaired) electrons. The number of sulfonamides is 1. The van der Waals surface area contributed by atoms with E-state index in [9.17, 15) is 21.6 Å². The minimum atomic E-state index is -4.64. The Morgan fingerprint density at radius 1 is 0.921 bits per heavy atom. The van der Waals surface area contributed by atoms with Gasteiger partial charge < -0.3 is 19.1 Å². The SMILES string of the molecule is COc1ccc(Sc2ccc(S(=O)(=O)Nc3ccc(C(F)(F)F)c(O[C@@H]4CCN(C)C4)c3)cc2)cc1OC. The number of hydrogen-bond donors (Lipinski definition) is 1. The molecular formula is C26H27F3N2O5S2. The van der Waals surface area contributed by atoms with Gasteiger partial charge in [-0.05, 0) is 68.1 Å². The van der Waals surface area contributed by atoms with E-state index in [2.05, 4.69) is 4.72 Å². The Bertz CT molecular complexity index is 1380. The highest BCUT2D eigenvalue weighted by Crippen LogP contribution is 2.39. The third-order valence-corrected chi connectivity index (χ3v) is 8.30. The molecule has 3 aromatic rings. The Kier molecular flexibility index (Phi) is 8.34. The summed E-state index contributed by atoms with van der Waals surface area (Å²) in [6, 6.07) is 14.6. The van der Waals surface area contributed by atoms with Crippen LogP contribution in [0.15, 0.2) is 75.4 Å². The number of alkyl halides is 3. The molecule has 7 nitrogen and oxygen atoms in total. The van der Waals surface area contributed by atoms with Gasteiger partial charge in [-0.1, -0.05) is 11.8 Å². The standard InChI is InChI=1S/C26H27F3N2O5S2/c1-31-13-12-18(16-31)36-24-14-17(4-10-22(24)26(27,28)29)30-38(32,33)21-8-5-19(6-9-21)37-20-7-11-23(34-2)25(15-20)35-3/h4-11,14-15,18,30H,12-13,16H2,1-3H3/t18-/m1/s1. The predicted molar refractivity (Wildman–Crippen MR) is 139 cm³/mol. The monoisotopic (exact) mass is 568 g/mol. The van der Waals surface area contributed by atoms with Crippen molar-refractivity contribution >= 4 is 27.5 Å². The number of likely N-dealkylation sites (N-methyl/N-ethyl adjacent to an activating group) is 1. The van der Waals surface area contributed by atoms with Gasteiger partial charge in [-0.25, -0.2) is 8.42 Å². The summed E-state index contributed by atoms with van der Waals surface area (Å²) < 4.78 is 85.2. The van der Waals surface area contributed by atoms with Crippen LogP contribution in [-0.2, 0) is 16.2 Å². The van der Waals surface area contributed by atoms with Crippen LogP contribution in [0, 0.1) is 0 Å². The van der Waals surface area contributed by atoms with Crippen molar-refractivity contribution in [1.82, 2.24) is 4.90 Å². The van der Waals surface area contributed by atoms with Crippen molar-refractivity contribution in [3.8, 4) is 17.2 Å². The molecule has 4 rings (SSSR count). The van der Waals surface area contributed by atoms with E-state index >= 15 is 0 Å². The van der Waals surface area contributed by atoms with Gasteiger partial charge in [-0.2, -0.15) is 13.2 Å². The fourth-order valence-electron chi connectivity index (χ4n) is 4.00. The topological polar surface area (TPSA) is 77.1 Å². The number of benzene rings is 3. The molecule has 0 aromatic heterocycles. The van der Waals surface area contributed by atoms with Crippen molar-refractivity contribution in [3.63, 3.8) is 0 Å². The van der Waals surface area contributed by atoms with Crippen LogP contribution < -0.4 is 18.9 Å². The number of halogens is 3. The number of likely N-dealkylation sites (tertiary alicyclic amines) is 1. The van der Waals surface area contributed by atoms with Crippen LogP contribution in [0.3, 0.4) is 0 Å². The highest BCUT2D eigenvalue weighted by molar-refractivity contribution is 7.99. The summed E-state index contributed by atoms with van der Waals surface area (Å²) in [5.41, 5.74) is -0.977. The van der Waals surface area contributed by atoms with Crippen molar-refractivity contribution in [2.45, 2.75) is 33.4 Å². The Hall–Kier alpha value is -3.09. The summed E-state index contributed by atoms with van der Waals surface area (Å²) >= 11 is 1.40. The average molecular weight is 569 g/mol. The highest BCUT2D eigenvalue weighted by Gasteiger charge is 2.36. The van der Waals surface area contributed by atoms with Gasteiger partial charge in [-0.3, -0.25) is 4.72 Å². The summed E-state index contributed by atoms with van der Waals surface area (Å²) in [5.74, 6) is 0.761. The number of ether oxygens (including phenoxy) is 3. The number of hydrogen-bond acceptors (Lipinski definition) is 7. The Morgan fingerprint density at radius 3 is 2.21 bits per heavy atom. The molecule has 0 spiro atoms. The van der Waals surface area contributed by atoms with Crippen molar-refractivity contribution in [2.24, 2.45) is 0 Å². The number of nitrogens with one attached hydrogen (secondary N) is 1. The second-order valence-corrected chi connectivity index (χ2v) is 11.5. The first-order valence-corrected chi connectivity index (χ1v) is 13.9. The van der Waals surface area contributed by atoms with Crippen LogP contribution in [0.2, 0.25) is 0 Å². The van der Waals surface area contributed by atoms with Crippen LogP contribution in [-0.4, -0.2) is 53.8 Å². The zero-order chi connectivity index (χ0) is 27.5. The second-order valence-electron chi connectivity index (χ2n) is 8.70. The van der Waals surface area contributed by atoms with Crippen molar-refractivity contribution < 1.29 is 35.8 Å². The van der Waals surface area contributed by atoms with Crippen LogP contribution in [0.25, 0.3) is 0 Å². The maximum atomic E-state index is 13.6. The number of rotatable bonds is 9.